The summed E-state index contributed by atoms with van der Waals surface area (Å²) in [6.45, 7) is 3.75. The topological polar surface area (TPSA) is 105 Å². The first-order valence-corrected chi connectivity index (χ1v) is 12.4. The number of carbonyl (C=O) groups is 2. The fraction of sp³-hybridized carbons (Fsp3) is 0.917. The molecule has 1 atom stereocenters. The molecule has 0 aromatic rings. The zero-order chi connectivity index (χ0) is 22.3. The lowest BCUT2D eigenvalue weighted by molar-refractivity contribution is -0.146. The van der Waals surface area contributed by atoms with Crippen molar-refractivity contribution in [1.82, 2.24) is 0 Å². The first-order valence-electron chi connectivity index (χ1n) is 12.4. The number of unbranched alkanes of at least 4 members (excludes halogenated alkanes) is 12. The number of hydrogen-bond acceptors (Lipinski definition) is 6. The van der Waals surface area contributed by atoms with Gasteiger partial charge in [0.05, 0.1) is 13.2 Å². The van der Waals surface area contributed by atoms with Crippen molar-refractivity contribution < 1.29 is 19.1 Å². The molecule has 0 radical (unpaired) electrons. The molecule has 0 aliphatic carbocycles. The van der Waals surface area contributed by atoms with Crippen molar-refractivity contribution >= 4 is 11.9 Å². The van der Waals surface area contributed by atoms with Crippen LogP contribution in [-0.4, -0.2) is 37.7 Å². The van der Waals surface area contributed by atoms with E-state index in [-0.39, 0.29) is 11.9 Å². The Balaban J connectivity index is 3.34. The molecule has 0 amide bonds. The van der Waals surface area contributed by atoms with Crippen LogP contribution in [-0.2, 0) is 19.1 Å². The van der Waals surface area contributed by atoms with Gasteiger partial charge in [0.1, 0.15) is 6.04 Å². The Labute approximate surface area is 184 Å². The van der Waals surface area contributed by atoms with Crippen LogP contribution in [0.4, 0.5) is 0 Å². The van der Waals surface area contributed by atoms with E-state index in [4.69, 9.17) is 20.9 Å². The van der Waals surface area contributed by atoms with E-state index < -0.39 is 6.04 Å². The molecule has 6 nitrogen and oxygen atoms in total. The van der Waals surface area contributed by atoms with Gasteiger partial charge in [-0.25, -0.2) is 0 Å². The molecule has 0 aromatic heterocycles. The molecule has 0 saturated heterocycles. The molecule has 178 valence electrons. The number of rotatable bonds is 22. The van der Waals surface area contributed by atoms with Crippen LogP contribution in [0.5, 0.6) is 0 Å². The zero-order valence-electron chi connectivity index (χ0n) is 19.5. The normalized spacial score (nSPS) is 12.0. The average Bonchev–Trinajstić information content (AvgIpc) is 2.74. The summed E-state index contributed by atoms with van der Waals surface area (Å²) < 4.78 is 10.5. The lowest BCUT2D eigenvalue weighted by atomic mass is 10.1. The number of ether oxygens (including phenoxy) is 2. The summed E-state index contributed by atoms with van der Waals surface area (Å²) in [5, 5.41) is 0. The third-order valence-electron chi connectivity index (χ3n) is 5.30. The molecule has 0 aliphatic heterocycles. The fourth-order valence-electron chi connectivity index (χ4n) is 3.30. The monoisotopic (exact) mass is 428 g/mol. The molecule has 0 heterocycles. The predicted molar refractivity (Wildman–Crippen MR) is 123 cm³/mol. The summed E-state index contributed by atoms with van der Waals surface area (Å²) >= 11 is 0. The van der Waals surface area contributed by atoms with Crippen molar-refractivity contribution in [2.75, 3.05) is 19.8 Å². The highest BCUT2D eigenvalue weighted by Gasteiger charge is 2.13. The molecule has 0 aliphatic rings. The van der Waals surface area contributed by atoms with E-state index in [2.05, 4.69) is 6.92 Å². The molecule has 0 spiro atoms. The lowest BCUT2D eigenvalue weighted by Crippen LogP contribution is -2.32. The van der Waals surface area contributed by atoms with Crippen LogP contribution < -0.4 is 11.5 Å². The number of esters is 2. The summed E-state index contributed by atoms with van der Waals surface area (Å²) in [5.41, 5.74) is 11.2. The number of carbonyl (C=O) groups excluding carboxylic acids is 2. The molecule has 0 bridgehead atoms. The molecule has 30 heavy (non-hydrogen) atoms. The Kier molecular flexibility index (Phi) is 21.7. The Bertz CT molecular complexity index is 405. The first-order chi connectivity index (χ1) is 14.6. The molecule has 0 rings (SSSR count). The average molecular weight is 429 g/mol. The Morgan fingerprint density at radius 3 is 1.83 bits per heavy atom. The Hall–Kier alpha value is -1.14. The van der Waals surface area contributed by atoms with Gasteiger partial charge in [0.2, 0.25) is 0 Å². The second-order valence-electron chi connectivity index (χ2n) is 8.27. The summed E-state index contributed by atoms with van der Waals surface area (Å²) in [4.78, 5) is 23.4. The van der Waals surface area contributed by atoms with Gasteiger partial charge in [-0.1, -0.05) is 64.7 Å². The van der Waals surface area contributed by atoms with Gasteiger partial charge >= 0.3 is 11.9 Å². The van der Waals surface area contributed by atoms with Gasteiger partial charge in [-0.15, -0.1) is 0 Å². The van der Waals surface area contributed by atoms with E-state index in [0.717, 1.165) is 51.4 Å². The summed E-state index contributed by atoms with van der Waals surface area (Å²) in [6.07, 6.45) is 17.7. The van der Waals surface area contributed by atoms with Gasteiger partial charge in [0, 0.05) is 6.42 Å². The summed E-state index contributed by atoms with van der Waals surface area (Å²) in [7, 11) is 0. The van der Waals surface area contributed by atoms with E-state index in [1.807, 2.05) is 0 Å². The quantitative estimate of drug-likeness (QED) is 0.185. The van der Waals surface area contributed by atoms with Crippen LogP contribution in [0, 0.1) is 0 Å². The lowest BCUT2D eigenvalue weighted by Gasteiger charge is -2.11. The van der Waals surface area contributed by atoms with Gasteiger partial charge < -0.3 is 20.9 Å². The van der Waals surface area contributed by atoms with Gasteiger partial charge in [-0.3, -0.25) is 9.59 Å². The van der Waals surface area contributed by atoms with Crippen LogP contribution in [0.25, 0.3) is 0 Å². The molecule has 0 aromatic carbocycles. The van der Waals surface area contributed by atoms with Crippen LogP contribution in [0.3, 0.4) is 0 Å². The van der Waals surface area contributed by atoms with Gasteiger partial charge in [-0.2, -0.15) is 0 Å². The Morgan fingerprint density at radius 2 is 1.23 bits per heavy atom. The highest BCUT2D eigenvalue weighted by Crippen LogP contribution is 2.11. The van der Waals surface area contributed by atoms with E-state index >= 15 is 0 Å². The molecule has 1 unspecified atom stereocenters. The predicted octanol–water partition coefficient (Wildman–Crippen LogP) is 5.01. The zero-order valence-corrected chi connectivity index (χ0v) is 19.5. The molecule has 0 saturated carbocycles. The van der Waals surface area contributed by atoms with Gasteiger partial charge in [0.15, 0.2) is 0 Å². The maximum Gasteiger partial charge on any atom is 0.322 e. The maximum atomic E-state index is 11.7. The van der Waals surface area contributed by atoms with E-state index in [1.165, 1.54) is 44.9 Å². The molecular formula is C24H48N2O4. The minimum absolute atomic E-state index is 0.0736. The van der Waals surface area contributed by atoms with Crippen LogP contribution in [0.1, 0.15) is 116 Å². The van der Waals surface area contributed by atoms with E-state index in [0.29, 0.717) is 32.6 Å². The molecule has 0 fully saturated rings. The SMILES string of the molecule is CCCCCCCCCCCC(=O)OCCCCCCOC(=O)C(N)CCCCN. The third-order valence-corrected chi connectivity index (χ3v) is 5.30. The van der Waals surface area contributed by atoms with E-state index in [9.17, 15) is 9.59 Å². The summed E-state index contributed by atoms with van der Waals surface area (Å²) in [6, 6.07) is -0.540. The highest BCUT2D eigenvalue weighted by atomic mass is 16.5. The van der Waals surface area contributed by atoms with Crippen LogP contribution in [0.2, 0.25) is 0 Å². The van der Waals surface area contributed by atoms with Crippen molar-refractivity contribution in [3.8, 4) is 0 Å². The second-order valence-corrected chi connectivity index (χ2v) is 8.27. The second kappa shape index (κ2) is 22.5. The molecule has 6 heteroatoms. The summed E-state index contributed by atoms with van der Waals surface area (Å²) in [5.74, 6) is -0.395. The van der Waals surface area contributed by atoms with Crippen molar-refractivity contribution in [3.05, 3.63) is 0 Å². The number of nitrogens with two attached hydrogens (primary N) is 2. The Morgan fingerprint density at radius 1 is 0.700 bits per heavy atom. The highest BCUT2D eigenvalue weighted by molar-refractivity contribution is 5.75. The molecule has 4 N–H and O–H groups in total. The maximum absolute atomic E-state index is 11.7. The first kappa shape index (κ1) is 28.9. The van der Waals surface area contributed by atoms with Crippen LogP contribution in [0.15, 0.2) is 0 Å². The van der Waals surface area contributed by atoms with Gasteiger partial charge in [0.25, 0.3) is 0 Å². The van der Waals surface area contributed by atoms with E-state index in [1.54, 1.807) is 0 Å². The third kappa shape index (κ3) is 20.1. The molecular weight excluding hydrogens is 380 g/mol. The van der Waals surface area contributed by atoms with Crippen molar-refractivity contribution in [2.45, 2.75) is 122 Å². The minimum Gasteiger partial charge on any atom is -0.466 e. The largest absolute Gasteiger partial charge is 0.466 e. The van der Waals surface area contributed by atoms with Crippen molar-refractivity contribution in [2.24, 2.45) is 11.5 Å². The van der Waals surface area contributed by atoms with Crippen molar-refractivity contribution in [1.29, 1.82) is 0 Å². The smallest absolute Gasteiger partial charge is 0.322 e. The van der Waals surface area contributed by atoms with Gasteiger partial charge in [-0.05, 0) is 51.5 Å². The van der Waals surface area contributed by atoms with Crippen molar-refractivity contribution in [3.63, 3.8) is 0 Å². The van der Waals surface area contributed by atoms with Crippen LogP contribution >= 0.6 is 0 Å². The number of hydrogen-bond donors (Lipinski definition) is 2. The standard InChI is InChI=1S/C24H48N2O4/c1-2-3-4-5-6-7-8-9-12-18-23(27)29-20-15-10-11-16-21-30-24(28)22(26)17-13-14-19-25/h22H,2-21,25-26H2,1H3. The minimum atomic E-state index is -0.540. The fourth-order valence-corrected chi connectivity index (χ4v) is 3.30.